The minimum absolute atomic E-state index is 0.0121. The molecular weight excluding hydrogens is 448 g/mol. The third kappa shape index (κ3) is 5.11. The molecule has 1 aliphatic rings. The zero-order chi connectivity index (χ0) is 24.7. The van der Waals surface area contributed by atoms with Crippen LogP contribution in [0.3, 0.4) is 0 Å². The van der Waals surface area contributed by atoms with Crippen molar-refractivity contribution in [1.82, 2.24) is 9.29 Å². The van der Waals surface area contributed by atoms with E-state index in [1.165, 1.54) is 4.31 Å². The Kier molecular flexibility index (Phi) is 6.73. The number of nitrogens with one attached hydrogen (secondary N) is 1. The fourth-order valence-electron chi connectivity index (χ4n) is 4.56. The molecule has 182 valence electrons. The summed E-state index contributed by atoms with van der Waals surface area (Å²) in [4.78, 5) is 16.1. The minimum Gasteiger partial charge on any atom is -0.377 e. The molecule has 1 N–H and O–H groups in total. The molecule has 2 heterocycles. The number of sulfonamides is 1. The van der Waals surface area contributed by atoms with Crippen molar-refractivity contribution < 1.29 is 13.2 Å². The molecule has 1 unspecified atom stereocenters. The smallest absolute Gasteiger partial charge is 0.252 e. The van der Waals surface area contributed by atoms with Crippen LogP contribution >= 0.6 is 0 Å². The van der Waals surface area contributed by atoms with Crippen molar-refractivity contribution in [3.8, 4) is 0 Å². The predicted octanol–water partition coefficient (Wildman–Crippen LogP) is 4.81. The maximum absolute atomic E-state index is 13.7. The van der Waals surface area contributed by atoms with E-state index in [4.69, 9.17) is 4.74 Å². The van der Waals surface area contributed by atoms with Gasteiger partial charge in [-0.15, -0.1) is 0 Å². The maximum Gasteiger partial charge on any atom is 0.252 e. The second kappa shape index (κ2) is 9.29. The number of aryl methyl sites for hydroxylation is 2. The molecule has 3 aromatic rings. The van der Waals surface area contributed by atoms with E-state index >= 15 is 0 Å². The number of aromatic amines is 1. The molecule has 0 radical (unpaired) electrons. The van der Waals surface area contributed by atoms with Gasteiger partial charge in [0.25, 0.3) is 5.56 Å². The van der Waals surface area contributed by atoms with Gasteiger partial charge in [-0.3, -0.25) is 4.79 Å². The second-order valence-electron chi connectivity index (χ2n) is 10.4. The topological polar surface area (TPSA) is 79.5 Å². The Labute approximate surface area is 202 Å². The average Bonchev–Trinajstić information content (AvgIpc) is 3.26. The molecule has 0 bridgehead atoms. The highest BCUT2D eigenvalue weighted by Crippen LogP contribution is 2.27. The molecule has 0 amide bonds. The molecule has 2 aromatic carbocycles. The second-order valence-corrected chi connectivity index (χ2v) is 12.3. The van der Waals surface area contributed by atoms with E-state index in [0.717, 1.165) is 40.4 Å². The van der Waals surface area contributed by atoms with Gasteiger partial charge in [0.1, 0.15) is 0 Å². The fraction of sp³-hybridized carbons (Fsp3) is 0.444. The molecule has 1 aliphatic heterocycles. The summed E-state index contributed by atoms with van der Waals surface area (Å²) in [6.45, 7) is 11.1. The summed E-state index contributed by atoms with van der Waals surface area (Å²) in [7, 11) is -3.84. The minimum atomic E-state index is -3.84. The van der Waals surface area contributed by atoms with Crippen LogP contribution in [0.4, 0.5) is 0 Å². The van der Waals surface area contributed by atoms with Crippen LogP contribution in [-0.4, -0.2) is 37.0 Å². The van der Waals surface area contributed by atoms with Gasteiger partial charge in [-0.05, 0) is 73.1 Å². The lowest BCUT2D eigenvalue weighted by molar-refractivity contribution is 0.0925. The predicted molar refractivity (Wildman–Crippen MR) is 136 cm³/mol. The molecule has 0 aliphatic carbocycles. The van der Waals surface area contributed by atoms with Gasteiger partial charge in [0.15, 0.2) is 0 Å². The summed E-state index contributed by atoms with van der Waals surface area (Å²) in [6.07, 6.45) is 1.54. The number of aromatic nitrogens is 1. The van der Waals surface area contributed by atoms with Gasteiger partial charge in [0.05, 0.1) is 11.0 Å². The zero-order valence-electron chi connectivity index (χ0n) is 20.6. The van der Waals surface area contributed by atoms with E-state index < -0.39 is 10.0 Å². The molecule has 1 aromatic heterocycles. The first-order valence-electron chi connectivity index (χ1n) is 11.8. The summed E-state index contributed by atoms with van der Waals surface area (Å²) < 4.78 is 34.6. The Hall–Kier alpha value is -2.48. The Morgan fingerprint density at radius 3 is 2.41 bits per heavy atom. The van der Waals surface area contributed by atoms with E-state index in [1.54, 1.807) is 12.1 Å². The van der Waals surface area contributed by atoms with Crippen LogP contribution < -0.4 is 5.56 Å². The standard InChI is InChI=1S/C27H34N2O4S/c1-18-13-19(2)24-15-20(26(30)28-25(24)14-18)16-29(17-22-7-6-12-33-22)34(31,32)23-10-8-21(9-11-23)27(3,4)5/h8-11,13-15,22H,6-7,12,16-17H2,1-5H3,(H,28,30). The molecular formula is C27H34N2O4S. The Morgan fingerprint density at radius 1 is 1.09 bits per heavy atom. The number of nitrogens with zero attached hydrogens (tertiary/aromatic N) is 1. The molecule has 34 heavy (non-hydrogen) atoms. The summed E-state index contributed by atoms with van der Waals surface area (Å²) in [5.74, 6) is 0. The number of rotatable bonds is 6. The lowest BCUT2D eigenvalue weighted by Crippen LogP contribution is -2.38. The van der Waals surface area contributed by atoms with Crippen LogP contribution in [0, 0.1) is 13.8 Å². The van der Waals surface area contributed by atoms with Gasteiger partial charge in [-0.2, -0.15) is 4.31 Å². The van der Waals surface area contributed by atoms with Crippen molar-refractivity contribution in [2.45, 2.75) is 70.4 Å². The quantitative estimate of drug-likeness (QED) is 0.547. The Balaban J connectivity index is 1.73. The van der Waals surface area contributed by atoms with Crippen molar-refractivity contribution in [1.29, 1.82) is 0 Å². The highest BCUT2D eigenvalue weighted by atomic mass is 32.2. The Morgan fingerprint density at radius 2 is 1.79 bits per heavy atom. The SMILES string of the molecule is Cc1cc(C)c2cc(CN(CC3CCCO3)S(=O)(=O)c3ccc(C(C)(C)C)cc3)c(=O)[nH]c2c1. The third-order valence-electron chi connectivity index (χ3n) is 6.53. The number of ether oxygens (including phenoxy) is 1. The lowest BCUT2D eigenvalue weighted by Gasteiger charge is -2.25. The zero-order valence-corrected chi connectivity index (χ0v) is 21.5. The molecule has 6 nitrogen and oxygen atoms in total. The average molecular weight is 483 g/mol. The number of fused-ring (bicyclic) bond motifs is 1. The number of hydrogen-bond donors (Lipinski definition) is 1. The Bertz CT molecular complexity index is 1350. The fourth-order valence-corrected chi connectivity index (χ4v) is 6.01. The van der Waals surface area contributed by atoms with Gasteiger partial charge in [-0.1, -0.05) is 39.0 Å². The monoisotopic (exact) mass is 482 g/mol. The molecule has 1 fully saturated rings. The van der Waals surface area contributed by atoms with Crippen molar-refractivity contribution in [2.24, 2.45) is 0 Å². The molecule has 0 saturated carbocycles. The van der Waals surface area contributed by atoms with Crippen molar-refractivity contribution in [3.05, 3.63) is 75.1 Å². The highest BCUT2D eigenvalue weighted by Gasteiger charge is 2.30. The van der Waals surface area contributed by atoms with Crippen LogP contribution in [0.5, 0.6) is 0 Å². The van der Waals surface area contributed by atoms with E-state index in [0.29, 0.717) is 12.2 Å². The first-order valence-corrected chi connectivity index (χ1v) is 13.2. The number of benzene rings is 2. The van der Waals surface area contributed by atoms with Gasteiger partial charge in [0.2, 0.25) is 10.0 Å². The third-order valence-corrected chi connectivity index (χ3v) is 8.35. The van der Waals surface area contributed by atoms with Crippen LogP contribution in [0.1, 0.15) is 55.9 Å². The van der Waals surface area contributed by atoms with Crippen LogP contribution in [0.2, 0.25) is 0 Å². The first-order chi connectivity index (χ1) is 15.9. The van der Waals surface area contributed by atoms with E-state index in [9.17, 15) is 13.2 Å². The van der Waals surface area contributed by atoms with Crippen molar-refractivity contribution in [2.75, 3.05) is 13.2 Å². The van der Waals surface area contributed by atoms with Gasteiger partial charge >= 0.3 is 0 Å². The number of pyridine rings is 1. The molecule has 1 saturated heterocycles. The van der Waals surface area contributed by atoms with Gasteiger partial charge in [-0.25, -0.2) is 8.42 Å². The molecule has 0 spiro atoms. The van der Waals surface area contributed by atoms with E-state index in [2.05, 4.69) is 31.8 Å². The van der Waals surface area contributed by atoms with Gasteiger partial charge < -0.3 is 9.72 Å². The summed E-state index contributed by atoms with van der Waals surface area (Å²) >= 11 is 0. The van der Waals surface area contributed by atoms with Crippen molar-refractivity contribution >= 4 is 20.9 Å². The summed E-state index contributed by atoms with van der Waals surface area (Å²) in [6, 6.07) is 12.9. The summed E-state index contributed by atoms with van der Waals surface area (Å²) in [5.41, 5.74) is 4.01. The van der Waals surface area contributed by atoms with E-state index in [1.807, 2.05) is 38.1 Å². The van der Waals surface area contributed by atoms with Crippen molar-refractivity contribution in [3.63, 3.8) is 0 Å². The largest absolute Gasteiger partial charge is 0.377 e. The maximum atomic E-state index is 13.7. The molecule has 7 heteroatoms. The molecule has 1 atom stereocenters. The van der Waals surface area contributed by atoms with Crippen LogP contribution in [0.25, 0.3) is 10.9 Å². The van der Waals surface area contributed by atoms with Gasteiger partial charge in [0, 0.05) is 36.2 Å². The highest BCUT2D eigenvalue weighted by molar-refractivity contribution is 7.89. The molecule has 4 rings (SSSR count). The lowest BCUT2D eigenvalue weighted by atomic mass is 9.87. The number of H-pyrrole nitrogens is 1. The summed E-state index contributed by atoms with van der Waals surface area (Å²) in [5, 5.41) is 0.921. The normalized spacial score (nSPS) is 17.1. The van der Waals surface area contributed by atoms with Crippen LogP contribution in [-0.2, 0) is 26.7 Å². The van der Waals surface area contributed by atoms with E-state index in [-0.39, 0.29) is 35.1 Å². The number of hydrogen-bond acceptors (Lipinski definition) is 4. The first kappa shape index (κ1) is 24.6. The van der Waals surface area contributed by atoms with Crippen LogP contribution in [0.15, 0.2) is 52.2 Å².